The van der Waals surface area contributed by atoms with Crippen LogP contribution in [0.25, 0.3) is 0 Å². The predicted octanol–water partition coefficient (Wildman–Crippen LogP) is 5.07. The molecule has 1 heterocycles. The predicted molar refractivity (Wildman–Crippen MR) is 125 cm³/mol. The van der Waals surface area contributed by atoms with E-state index in [1.165, 1.54) is 11.3 Å². The number of nitrogens with zero attached hydrogens (tertiary/aromatic N) is 2. The lowest BCUT2D eigenvalue weighted by molar-refractivity contribution is 0.0955. The van der Waals surface area contributed by atoms with E-state index in [0.717, 1.165) is 42.8 Å². The number of carbonyl (C=O) groups excluding carboxylic acids is 1. The molecule has 0 fully saturated rings. The van der Waals surface area contributed by atoms with Crippen molar-refractivity contribution in [3.05, 3.63) is 94.0 Å². The zero-order valence-corrected chi connectivity index (χ0v) is 18.1. The summed E-state index contributed by atoms with van der Waals surface area (Å²) >= 11 is 6.07. The van der Waals surface area contributed by atoms with Gasteiger partial charge in [-0.15, -0.1) is 0 Å². The topological polar surface area (TPSA) is 53.9 Å². The molecule has 0 atom stereocenters. The molecule has 0 spiro atoms. The Labute approximate surface area is 187 Å². The minimum atomic E-state index is -0.347. The van der Waals surface area contributed by atoms with E-state index in [9.17, 15) is 4.79 Å². The average Bonchev–Trinajstić information content (AvgIpc) is 2.80. The van der Waals surface area contributed by atoms with Gasteiger partial charge in [-0.3, -0.25) is 4.79 Å². The van der Waals surface area contributed by atoms with Gasteiger partial charge in [0, 0.05) is 24.3 Å². The molecule has 0 aliphatic carbocycles. The van der Waals surface area contributed by atoms with Crippen molar-refractivity contribution >= 4 is 29.4 Å². The summed E-state index contributed by atoms with van der Waals surface area (Å²) in [4.78, 5) is 14.7. The van der Waals surface area contributed by atoms with Crippen LogP contribution in [0.3, 0.4) is 0 Å². The van der Waals surface area contributed by atoms with Crippen LogP contribution in [-0.2, 0) is 13.0 Å². The summed E-state index contributed by atoms with van der Waals surface area (Å²) in [7, 11) is 1.68. The molecule has 5 nitrogen and oxygen atoms in total. The number of fused-ring (bicyclic) bond motifs is 1. The smallest absolute Gasteiger partial charge is 0.272 e. The summed E-state index contributed by atoms with van der Waals surface area (Å²) in [6.45, 7) is 1.75. The Hall–Kier alpha value is -3.31. The molecular formula is C25H24ClN3O2. The number of ether oxygens (including phenoxy) is 1. The van der Waals surface area contributed by atoms with Gasteiger partial charge >= 0.3 is 0 Å². The first-order valence-corrected chi connectivity index (χ1v) is 10.6. The van der Waals surface area contributed by atoms with Crippen LogP contribution in [0, 0.1) is 0 Å². The van der Waals surface area contributed by atoms with Crippen LogP contribution in [0.2, 0.25) is 5.02 Å². The van der Waals surface area contributed by atoms with E-state index in [1.54, 1.807) is 37.6 Å². The van der Waals surface area contributed by atoms with Gasteiger partial charge in [0.1, 0.15) is 5.75 Å². The molecule has 3 aromatic carbocycles. The summed E-state index contributed by atoms with van der Waals surface area (Å²) in [5, 5.41) is 4.49. The second kappa shape index (κ2) is 9.67. The monoisotopic (exact) mass is 433 g/mol. The normalized spacial score (nSPS) is 13.2. The first-order valence-electron chi connectivity index (χ1n) is 10.2. The molecule has 31 heavy (non-hydrogen) atoms. The van der Waals surface area contributed by atoms with Gasteiger partial charge in [0.15, 0.2) is 0 Å². The van der Waals surface area contributed by atoms with Crippen molar-refractivity contribution in [3.63, 3.8) is 0 Å². The van der Waals surface area contributed by atoms with Crippen LogP contribution in [0.15, 0.2) is 71.8 Å². The average molecular weight is 434 g/mol. The van der Waals surface area contributed by atoms with Gasteiger partial charge < -0.3 is 9.64 Å². The number of aryl methyl sites for hydroxylation is 1. The number of hydrogen-bond donors (Lipinski definition) is 1. The molecule has 0 saturated carbocycles. The van der Waals surface area contributed by atoms with E-state index in [2.05, 4.69) is 39.7 Å². The third-order valence-electron chi connectivity index (χ3n) is 5.37. The van der Waals surface area contributed by atoms with E-state index in [4.69, 9.17) is 16.3 Å². The number of methoxy groups -OCH3 is 1. The summed E-state index contributed by atoms with van der Waals surface area (Å²) in [6.07, 6.45) is 3.87. The lowest BCUT2D eigenvalue weighted by Gasteiger charge is -2.31. The van der Waals surface area contributed by atoms with E-state index >= 15 is 0 Å². The van der Waals surface area contributed by atoms with Crippen LogP contribution in [0.5, 0.6) is 5.75 Å². The largest absolute Gasteiger partial charge is 0.496 e. The number of halogens is 1. The van der Waals surface area contributed by atoms with E-state index in [0.29, 0.717) is 10.6 Å². The van der Waals surface area contributed by atoms with Gasteiger partial charge in [-0.1, -0.05) is 41.9 Å². The van der Waals surface area contributed by atoms with Gasteiger partial charge in [-0.2, -0.15) is 5.10 Å². The molecular weight excluding hydrogens is 410 g/mol. The standard InChI is InChI=1S/C25H24ClN3O2/c1-31-24-13-12-18(16-27-28-25(30)21-9-3-4-10-22(21)26)15-20(24)17-29-14-6-8-19-7-2-5-11-23(19)29/h2-5,7,9-13,15-16H,6,8,14,17H2,1H3,(H,28,30)/b27-16-. The first-order chi connectivity index (χ1) is 15.2. The van der Waals surface area contributed by atoms with Gasteiger partial charge in [0.2, 0.25) is 0 Å². The Morgan fingerprint density at radius 2 is 1.97 bits per heavy atom. The van der Waals surface area contributed by atoms with Crippen molar-refractivity contribution in [1.82, 2.24) is 5.43 Å². The molecule has 1 aliphatic heterocycles. The van der Waals surface area contributed by atoms with Gasteiger partial charge in [0.05, 0.1) is 23.9 Å². The van der Waals surface area contributed by atoms with Crippen molar-refractivity contribution in [2.45, 2.75) is 19.4 Å². The van der Waals surface area contributed by atoms with E-state index in [-0.39, 0.29) is 5.91 Å². The fraction of sp³-hybridized carbons (Fsp3) is 0.200. The number of hydrazone groups is 1. The maximum Gasteiger partial charge on any atom is 0.272 e. The molecule has 1 N–H and O–H groups in total. The number of para-hydroxylation sites is 1. The van der Waals surface area contributed by atoms with Crippen LogP contribution < -0.4 is 15.1 Å². The molecule has 6 heteroatoms. The Balaban J connectivity index is 1.50. The van der Waals surface area contributed by atoms with Gasteiger partial charge in [-0.25, -0.2) is 5.43 Å². The summed E-state index contributed by atoms with van der Waals surface area (Å²) < 4.78 is 5.59. The molecule has 4 rings (SSSR count). The quantitative estimate of drug-likeness (QED) is 0.436. The molecule has 1 aliphatic rings. The minimum absolute atomic E-state index is 0.347. The number of hydrogen-bond acceptors (Lipinski definition) is 4. The fourth-order valence-electron chi connectivity index (χ4n) is 3.85. The Morgan fingerprint density at radius 1 is 1.16 bits per heavy atom. The fourth-order valence-corrected chi connectivity index (χ4v) is 4.08. The summed E-state index contributed by atoms with van der Waals surface area (Å²) in [6, 6.07) is 21.3. The third kappa shape index (κ3) is 4.89. The highest BCUT2D eigenvalue weighted by Gasteiger charge is 2.18. The second-order valence-corrected chi connectivity index (χ2v) is 7.81. The molecule has 0 bridgehead atoms. The summed E-state index contributed by atoms with van der Waals surface area (Å²) in [5.41, 5.74) is 7.53. The number of anilines is 1. The number of rotatable bonds is 6. The Bertz CT molecular complexity index is 1110. The molecule has 3 aromatic rings. The van der Waals surface area contributed by atoms with Crippen LogP contribution >= 0.6 is 11.6 Å². The van der Waals surface area contributed by atoms with E-state index in [1.807, 2.05) is 18.2 Å². The van der Waals surface area contributed by atoms with Crippen molar-refractivity contribution in [1.29, 1.82) is 0 Å². The maximum atomic E-state index is 12.3. The number of amides is 1. The maximum absolute atomic E-state index is 12.3. The minimum Gasteiger partial charge on any atom is -0.496 e. The number of benzene rings is 3. The lowest BCUT2D eigenvalue weighted by atomic mass is 10.0. The van der Waals surface area contributed by atoms with Crippen molar-refractivity contribution < 1.29 is 9.53 Å². The highest BCUT2D eigenvalue weighted by molar-refractivity contribution is 6.33. The zero-order chi connectivity index (χ0) is 21.6. The lowest BCUT2D eigenvalue weighted by Crippen LogP contribution is -2.29. The van der Waals surface area contributed by atoms with Crippen molar-refractivity contribution in [3.8, 4) is 5.75 Å². The third-order valence-corrected chi connectivity index (χ3v) is 5.70. The second-order valence-electron chi connectivity index (χ2n) is 7.40. The van der Waals surface area contributed by atoms with Gasteiger partial charge in [-0.05, 0) is 60.4 Å². The summed E-state index contributed by atoms with van der Waals surface area (Å²) in [5.74, 6) is 0.487. The highest BCUT2D eigenvalue weighted by Crippen LogP contribution is 2.30. The molecule has 0 unspecified atom stereocenters. The van der Waals surface area contributed by atoms with Crippen molar-refractivity contribution in [2.24, 2.45) is 5.10 Å². The first kappa shape index (κ1) is 20.9. The molecule has 0 saturated heterocycles. The van der Waals surface area contributed by atoms with Crippen molar-refractivity contribution in [2.75, 3.05) is 18.6 Å². The Morgan fingerprint density at radius 3 is 2.81 bits per heavy atom. The van der Waals surface area contributed by atoms with Crippen LogP contribution in [-0.4, -0.2) is 25.8 Å². The van der Waals surface area contributed by atoms with E-state index < -0.39 is 0 Å². The highest BCUT2D eigenvalue weighted by atomic mass is 35.5. The van der Waals surface area contributed by atoms with Crippen LogP contribution in [0.1, 0.15) is 33.5 Å². The van der Waals surface area contributed by atoms with Gasteiger partial charge in [0.25, 0.3) is 5.91 Å². The molecule has 0 radical (unpaired) electrons. The SMILES string of the molecule is COc1ccc(/C=N\NC(=O)c2ccccc2Cl)cc1CN1CCCc2ccccc21. The zero-order valence-electron chi connectivity index (χ0n) is 17.3. The van der Waals surface area contributed by atoms with Crippen LogP contribution in [0.4, 0.5) is 5.69 Å². The Kier molecular flexibility index (Phi) is 6.53. The molecule has 158 valence electrons. The molecule has 1 amide bonds. The number of nitrogens with one attached hydrogen (secondary N) is 1. The molecule has 0 aromatic heterocycles. The number of carbonyl (C=O) groups is 1.